The van der Waals surface area contributed by atoms with Gasteiger partial charge in [0.15, 0.2) is 0 Å². The number of carbonyl (C=O) groups is 1. The molecule has 0 saturated heterocycles. The van der Waals surface area contributed by atoms with Crippen molar-refractivity contribution in [2.75, 3.05) is 13.7 Å². The maximum atomic E-state index is 12.0. The molecule has 1 saturated carbocycles. The Balaban J connectivity index is 2.36. The minimum atomic E-state index is -0.311. The van der Waals surface area contributed by atoms with Crippen molar-refractivity contribution in [2.45, 2.75) is 52.7 Å². The van der Waals surface area contributed by atoms with E-state index < -0.39 is 0 Å². The van der Waals surface area contributed by atoms with Crippen molar-refractivity contribution in [1.29, 1.82) is 0 Å². The molecule has 0 aromatic rings. The van der Waals surface area contributed by atoms with Gasteiger partial charge in [0.1, 0.15) is 6.10 Å². The molecule has 0 heterocycles. The normalized spacial score (nSPS) is 19.6. The number of nitrogens with zero attached hydrogens (tertiary/aromatic N) is 1. The molecule has 0 aliphatic heterocycles. The quantitative estimate of drug-likeness (QED) is 0.697. The Morgan fingerprint density at radius 1 is 1.31 bits per heavy atom. The van der Waals surface area contributed by atoms with Crippen molar-refractivity contribution in [3.8, 4) is 0 Å². The molecule has 0 unspecified atom stereocenters. The van der Waals surface area contributed by atoms with Gasteiger partial charge in [-0.15, -0.1) is 0 Å². The highest BCUT2D eigenvalue weighted by atomic mass is 16.5. The molecule has 0 radical (unpaired) electrons. The summed E-state index contributed by atoms with van der Waals surface area (Å²) in [5.41, 5.74) is 0. The Kier molecular flexibility index (Phi) is 4.78. The molecule has 1 aliphatic carbocycles. The van der Waals surface area contributed by atoms with Crippen molar-refractivity contribution in [1.82, 2.24) is 4.90 Å². The van der Waals surface area contributed by atoms with Gasteiger partial charge in [0.2, 0.25) is 0 Å². The molecule has 0 bridgehead atoms. The van der Waals surface area contributed by atoms with Crippen LogP contribution in [0.1, 0.15) is 40.5 Å². The number of carbonyl (C=O) groups excluding carboxylic acids is 1. The molecule has 1 aliphatic rings. The molecule has 3 heteroatoms. The van der Waals surface area contributed by atoms with Crippen LogP contribution in [0.4, 0.5) is 0 Å². The predicted octanol–water partition coefficient (Wildman–Crippen LogP) is 2.30. The van der Waals surface area contributed by atoms with Crippen molar-refractivity contribution in [3.05, 3.63) is 0 Å². The maximum Gasteiger partial charge on any atom is 0.251 e. The summed E-state index contributed by atoms with van der Waals surface area (Å²) in [4.78, 5) is 13.9. The molecule has 16 heavy (non-hydrogen) atoms. The maximum absolute atomic E-state index is 12.0. The number of hydrogen-bond acceptors (Lipinski definition) is 2. The van der Waals surface area contributed by atoms with Gasteiger partial charge in [0, 0.05) is 19.7 Å². The number of rotatable bonds is 6. The van der Waals surface area contributed by atoms with Gasteiger partial charge < -0.3 is 9.64 Å². The smallest absolute Gasteiger partial charge is 0.251 e. The van der Waals surface area contributed by atoms with Crippen LogP contribution in [0.25, 0.3) is 0 Å². The van der Waals surface area contributed by atoms with E-state index in [-0.39, 0.29) is 12.0 Å². The van der Waals surface area contributed by atoms with E-state index in [4.69, 9.17) is 4.74 Å². The molecular weight excluding hydrogens is 202 g/mol. The van der Waals surface area contributed by atoms with Crippen LogP contribution >= 0.6 is 0 Å². The van der Waals surface area contributed by atoms with Crippen molar-refractivity contribution in [2.24, 2.45) is 11.8 Å². The zero-order valence-corrected chi connectivity index (χ0v) is 11.2. The number of likely N-dealkylation sites (N-methyl/N-ethyl adjacent to an activating group) is 1. The third-order valence-corrected chi connectivity index (χ3v) is 3.29. The Hall–Kier alpha value is -0.570. The second kappa shape index (κ2) is 5.67. The standard InChI is InChI=1S/C13H25NO2/c1-9(2)8-16-11(4)13(15)14(5)10(3)12-6-7-12/h9-12H,6-8H2,1-5H3/t10-,11-/m1/s1. The van der Waals surface area contributed by atoms with Gasteiger partial charge in [0.05, 0.1) is 0 Å². The Morgan fingerprint density at radius 3 is 2.31 bits per heavy atom. The lowest BCUT2D eigenvalue weighted by Gasteiger charge is -2.28. The minimum absolute atomic E-state index is 0.111. The first-order valence-electron chi connectivity index (χ1n) is 6.31. The Morgan fingerprint density at radius 2 is 1.88 bits per heavy atom. The van der Waals surface area contributed by atoms with Crippen LogP contribution in [-0.4, -0.2) is 36.6 Å². The fraction of sp³-hybridized carbons (Fsp3) is 0.923. The second-order valence-corrected chi connectivity index (χ2v) is 5.40. The van der Waals surface area contributed by atoms with E-state index in [1.165, 1.54) is 12.8 Å². The van der Waals surface area contributed by atoms with Gasteiger partial charge in [-0.25, -0.2) is 0 Å². The topological polar surface area (TPSA) is 29.5 Å². The lowest BCUT2D eigenvalue weighted by Crippen LogP contribution is -2.42. The lowest BCUT2D eigenvalue weighted by atomic mass is 10.2. The Bertz CT molecular complexity index is 236. The average molecular weight is 227 g/mol. The first kappa shape index (κ1) is 13.5. The van der Waals surface area contributed by atoms with Crippen LogP contribution in [0.5, 0.6) is 0 Å². The zero-order chi connectivity index (χ0) is 12.3. The van der Waals surface area contributed by atoms with E-state index >= 15 is 0 Å². The summed E-state index contributed by atoms with van der Waals surface area (Å²) in [6.45, 7) is 8.81. The van der Waals surface area contributed by atoms with E-state index in [1.54, 1.807) is 0 Å². The highest BCUT2D eigenvalue weighted by Crippen LogP contribution is 2.34. The molecule has 1 rings (SSSR count). The summed E-state index contributed by atoms with van der Waals surface area (Å²) in [5.74, 6) is 1.30. The van der Waals surface area contributed by atoms with E-state index in [2.05, 4.69) is 20.8 Å². The summed E-state index contributed by atoms with van der Waals surface area (Å²) in [7, 11) is 1.89. The summed E-state index contributed by atoms with van der Waals surface area (Å²) < 4.78 is 5.55. The fourth-order valence-corrected chi connectivity index (χ4v) is 1.79. The minimum Gasteiger partial charge on any atom is -0.368 e. The molecule has 1 fully saturated rings. The Labute approximate surface area is 99.1 Å². The SMILES string of the molecule is CC(C)CO[C@H](C)C(=O)N(C)[C@H](C)C1CC1. The molecule has 0 N–H and O–H groups in total. The van der Waals surface area contributed by atoms with Gasteiger partial charge in [-0.2, -0.15) is 0 Å². The molecule has 2 atom stereocenters. The first-order chi connectivity index (χ1) is 7.43. The zero-order valence-electron chi connectivity index (χ0n) is 11.2. The largest absolute Gasteiger partial charge is 0.368 e. The number of hydrogen-bond donors (Lipinski definition) is 0. The van der Waals surface area contributed by atoms with Gasteiger partial charge in [-0.05, 0) is 38.5 Å². The van der Waals surface area contributed by atoms with Gasteiger partial charge in [-0.3, -0.25) is 4.79 Å². The van der Waals surface area contributed by atoms with E-state index in [9.17, 15) is 4.79 Å². The third kappa shape index (κ3) is 3.78. The van der Waals surface area contributed by atoms with Crippen molar-refractivity contribution in [3.63, 3.8) is 0 Å². The monoisotopic (exact) mass is 227 g/mol. The summed E-state index contributed by atoms with van der Waals surface area (Å²) in [5, 5.41) is 0. The molecule has 0 aromatic heterocycles. The third-order valence-electron chi connectivity index (χ3n) is 3.29. The lowest BCUT2D eigenvalue weighted by molar-refractivity contribution is -0.144. The highest BCUT2D eigenvalue weighted by Gasteiger charge is 2.33. The summed E-state index contributed by atoms with van der Waals surface area (Å²) in [6.07, 6.45) is 2.22. The predicted molar refractivity (Wildman–Crippen MR) is 65.2 cm³/mol. The average Bonchev–Trinajstić information content (AvgIpc) is 3.06. The second-order valence-electron chi connectivity index (χ2n) is 5.40. The molecule has 0 aromatic carbocycles. The van der Waals surface area contributed by atoms with Gasteiger partial charge in [-0.1, -0.05) is 13.8 Å². The van der Waals surface area contributed by atoms with E-state index in [1.807, 2.05) is 18.9 Å². The molecule has 1 amide bonds. The van der Waals surface area contributed by atoms with Gasteiger partial charge in [0.25, 0.3) is 5.91 Å². The summed E-state index contributed by atoms with van der Waals surface area (Å²) >= 11 is 0. The first-order valence-corrected chi connectivity index (χ1v) is 6.31. The number of amides is 1. The van der Waals surface area contributed by atoms with Crippen molar-refractivity contribution >= 4 is 5.91 Å². The van der Waals surface area contributed by atoms with E-state index in [0.717, 1.165) is 0 Å². The molecule has 94 valence electrons. The van der Waals surface area contributed by atoms with Crippen molar-refractivity contribution < 1.29 is 9.53 Å². The van der Waals surface area contributed by atoms with Crippen LogP contribution in [0, 0.1) is 11.8 Å². The van der Waals surface area contributed by atoms with Gasteiger partial charge >= 0.3 is 0 Å². The fourth-order valence-electron chi connectivity index (χ4n) is 1.79. The van der Waals surface area contributed by atoms with Crippen LogP contribution in [0.2, 0.25) is 0 Å². The van der Waals surface area contributed by atoms with E-state index in [0.29, 0.717) is 24.5 Å². The van der Waals surface area contributed by atoms with Crippen LogP contribution in [-0.2, 0) is 9.53 Å². The molecule has 0 spiro atoms. The van der Waals surface area contributed by atoms with Crippen LogP contribution in [0.15, 0.2) is 0 Å². The molecule has 3 nitrogen and oxygen atoms in total. The summed E-state index contributed by atoms with van der Waals surface area (Å²) in [6, 6.07) is 0.359. The van der Waals surface area contributed by atoms with Crippen LogP contribution in [0.3, 0.4) is 0 Å². The van der Waals surface area contributed by atoms with Crippen LogP contribution < -0.4 is 0 Å². The highest BCUT2D eigenvalue weighted by molar-refractivity contribution is 5.80. The number of ether oxygens (including phenoxy) is 1. The molecular formula is C13H25NO2.